The minimum absolute atomic E-state index is 0.0221. The summed E-state index contributed by atoms with van der Waals surface area (Å²) in [5.41, 5.74) is 0.0279. The van der Waals surface area contributed by atoms with E-state index in [1.807, 2.05) is 0 Å². The molecule has 0 saturated carbocycles. The molecular formula is C14H10ClNO5. The zero-order chi connectivity index (χ0) is 15.4. The molecule has 0 saturated heterocycles. The predicted molar refractivity (Wildman–Crippen MR) is 75.8 cm³/mol. The number of rotatable bonds is 5. The highest BCUT2D eigenvalue weighted by Gasteiger charge is 2.22. The molecule has 0 unspecified atom stereocenters. The van der Waals surface area contributed by atoms with Crippen LogP contribution in [-0.4, -0.2) is 16.0 Å². The van der Waals surface area contributed by atoms with Gasteiger partial charge in [-0.3, -0.25) is 10.1 Å². The van der Waals surface area contributed by atoms with Crippen molar-refractivity contribution in [3.05, 3.63) is 68.7 Å². The number of para-hydroxylation sites is 1. The molecule has 0 atom stereocenters. The van der Waals surface area contributed by atoms with Gasteiger partial charge in [-0.1, -0.05) is 29.8 Å². The standard InChI is InChI=1S/C14H10ClNO5/c15-10-4-1-3-9(7-10)8-21-13-11(14(17)18)5-2-6-12(13)16(19)20/h1-7H,8H2,(H,17,18). The Hall–Kier alpha value is -2.60. The van der Waals surface area contributed by atoms with Crippen molar-refractivity contribution in [1.29, 1.82) is 0 Å². The normalized spacial score (nSPS) is 10.1. The van der Waals surface area contributed by atoms with Gasteiger partial charge in [0.2, 0.25) is 5.75 Å². The van der Waals surface area contributed by atoms with E-state index in [9.17, 15) is 14.9 Å². The van der Waals surface area contributed by atoms with Gasteiger partial charge in [-0.2, -0.15) is 0 Å². The summed E-state index contributed by atoms with van der Waals surface area (Å²) >= 11 is 5.83. The molecule has 0 fully saturated rings. The van der Waals surface area contributed by atoms with Gasteiger partial charge in [0.15, 0.2) is 0 Å². The maximum atomic E-state index is 11.1. The Morgan fingerprint density at radius 1 is 1.29 bits per heavy atom. The monoisotopic (exact) mass is 307 g/mol. The van der Waals surface area contributed by atoms with Crippen molar-refractivity contribution in [2.45, 2.75) is 6.61 Å². The van der Waals surface area contributed by atoms with E-state index in [2.05, 4.69) is 0 Å². The summed E-state index contributed by atoms with van der Waals surface area (Å²) < 4.78 is 5.35. The average molecular weight is 308 g/mol. The molecule has 0 aliphatic carbocycles. The zero-order valence-electron chi connectivity index (χ0n) is 10.7. The SMILES string of the molecule is O=C(O)c1cccc([N+](=O)[O-])c1OCc1cccc(Cl)c1. The molecule has 0 aliphatic heterocycles. The van der Waals surface area contributed by atoms with Crippen LogP contribution in [-0.2, 0) is 6.61 Å². The molecule has 6 nitrogen and oxygen atoms in total. The third-order valence-corrected chi connectivity index (χ3v) is 2.93. The minimum atomic E-state index is -1.29. The van der Waals surface area contributed by atoms with E-state index >= 15 is 0 Å². The summed E-state index contributed by atoms with van der Waals surface area (Å²) in [4.78, 5) is 21.4. The molecule has 2 aromatic rings. The fraction of sp³-hybridized carbons (Fsp3) is 0.0714. The summed E-state index contributed by atoms with van der Waals surface area (Å²) in [5.74, 6) is -1.56. The van der Waals surface area contributed by atoms with Crippen molar-refractivity contribution >= 4 is 23.3 Å². The van der Waals surface area contributed by atoms with E-state index < -0.39 is 16.6 Å². The molecule has 0 bridgehead atoms. The lowest BCUT2D eigenvalue weighted by atomic mass is 10.1. The fourth-order valence-corrected chi connectivity index (χ4v) is 1.98. The second kappa shape index (κ2) is 6.23. The second-order valence-corrected chi connectivity index (χ2v) is 4.57. The Morgan fingerprint density at radius 2 is 2.00 bits per heavy atom. The topological polar surface area (TPSA) is 89.7 Å². The minimum Gasteiger partial charge on any atom is -0.481 e. The van der Waals surface area contributed by atoms with Crippen LogP contribution in [0.5, 0.6) is 5.75 Å². The lowest BCUT2D eigenvalue weighted by molar-refractivity contribution is -0.386. The van der Waals surface area contributed by atoms with Gasteiger partial charge in [0, 0.05) is 11.1 Å². The van der Waals surface area contributed by atoms with Crippen LogP contribution < -0.4 is 4.74 Å². The molecule has 0 amide bonds. The zero-order valence-corrected chi connectivity index (χ0v) is 11.4. The van der Waals surface area contributed by atoms with E-state index in [1.54, 1.807) is 24.3 Å². The first kappa shape index (κ1) is 14.8. The predicted octanol–water partition coefficient (Wildman–Crippen LogP) is 3.53. The van der Waals surface area contributed by atoms with Gasteiger partial charge < -0.3 is 9.84 Å². The van der Waals surface area contributed by atoms with E-state index in [0.717, 1.165) is 0 Å². The number of benzene rings is 2. The smallest absolute Gasteiger partial charge is 0.339 e. The van der Waals surface area contributed by atoms with Crippen LogP contribution in [0.3, 0.4) is 0 Å². The summed E-state index contributed by atoms with van der Waals surface area (Å²) in [6.07, 6.45) is 0. The van der Waals surface area contributed by atoms with Crippen molar-refractivity contribution < 1.29 is 19.6 Å². The average Bonchev–Trinajstić information content (AvgIpc) is 2.44. The Kier molecular flexibility index (Phi) is 4.39. The summed E-state index contributed by atoms with van der Waals surface area (Å²) in [6.45, 7) is -0.0221. The summed E-state index contributed by atoms with van der Waals surface area (Å²) in [7, 11) is 0. The van der Waals surface area contributed by atoms with E-state index in [1.165, 1.54) is 18.2 Å². The molecule has 2 rings (SSSR count). The van der Waals surface area contributed by atoms with Gasteiger partial charge in [0.05, 0.1) is 4.92 Å². The highest BCUT2D eigenvalue weighted by molar-refractivity contribution is 6.30. The summed E-state index contributed by atoms with van der Waals surface area (Å²) in [5, 5.41) is 20.6. The van der Waals surface area contributed by atoms with Crippen LogP contribution in [0.4, 0.5) is 5.69 Å². The molecule has 0 spiro atoms. The number of carboxylic acids is 1. The van der Waals surface area contributed by atoms with Gasteiger partial charge in [0.1, 0.15) is 12.2 Å². The van der Waals surface area contributed by atoms with Crippen LogP contribution in [0.25, 0.3) is 0 Å². The maximum Gasteiger partial charge on any atom is 0.339 e. The first-order valence-corrected chi connectivity index (χ1v) is 6.25. The van der Waals surface area contributed by atoms with Gasteiger partial charge >= 0.3 is 11.7 Å². The molecule has 0 heterocycles. The molecule has 7 heteroatoms. The number of hydrogen-bond acceptors (Lipinski definition) is 4. The number of carbonyl (C=O) groups is 1. The van der Waals surface area contributed by atoms with Gasteiger partial charge in [-0.15, -0.1) is 0 Å². The molecule has 0 radical (unpaired) electrons. The second-order valence-electron chi connectivity index (χ2n) is 4.13. The highest BCUT2D eigenvalue weighted by Crippen LogP contribution is 2.31. The third kappa shape index (κ3) is 3.49. The maximum absolute atomic E-state index is 11.1. The molecule has 108 valence electrons. The number of nitrogens with zero attached hydrogens (tertiary/aromatic N) is 1. The number of aromatic carboxylic acids is 1. The third-order valence-electron chi connectivity index (χ3n) is 2.69. The largest absolute Gasteiger partial charge is 0.481 e. The highest BCUT2D eigenvalue weighted by atomic mass is 35.5. The Labute approximate surface area is 124 Å². The van der Waals surface area contributed by atoms with E-state index in [-0.39, 0.29) is 17.9 Å². The van der Waals surface area contributed by atoms with Gasteiger partial charge in [-0.05, 0) is 23.8 Å². The number of carboxylic acid groups (broad SMARTS) is 1. The molecule has 0 aliphatic rings. The van der Waals surface area contributed by atoms with Crippen molar-refractivity contribution in [2.24, 2.45) is 0 Å². The first-order valence-electron chi connectivity index (χ1n) is 5.87. The van der Waals surface area contributed by atoms with Gasteiger partial charge in [-0.25, -0.2) is 4.79 Å². The van der Waals surface area contributed by atoms with Crippen LogP contribution in [0.1, 0.15) is 15.9 Å². The lowest BCUT2D eigenvalue weighted by Crippen LogP contribution is -2.06. The number of nitro benzene ring substituents is 1. The Balaban J connectivity index is 2.33. The number of halogens is 1. The number of ether oxygens (including phenoxy) is 1. The number of nitro groups is 1. The van der Waals surface area contributed by atoms with Crippen LogP contribution in [0.15, 0.2) is 42.5 Å². The van der Waals surface area contributed by atoms with Gasteiger partial charge in [0.25, 0.3) is 0 Å². The molecule has 0 aromatic heterocycles. The van der Waals surface area contributed by atoms with Crippen LogP contribution >= 0.6 is 11.6 Å². The van der Waals surface area contributed by atoms with Crippen molar-refractivity contribution in [3.8, 4) is 5.75 Å². The number of hydrogen-bond donors (Lipinski definition) is 1. The lowest BCUT2D eigenvalue weighted by Gasteiger charge is -2.09. The first-order chi connectivity index (χ1) is 9.99. The van der Waals surface area contributed by atoms with Crippen molar-refractivity contribution in [2.75, 3.05) is 0 Å². The van der Waals surface area contributed by atoms with E-state index in [0.29, 0.717) is 10.6 Å². The molecule has 2 aromatic carbocycles. The van der Waals surface area contributed by atoms with Crippen molar-refractivity contribution in [3.63, 3.8) is 0 Å². The van der Waals surface area contributed by atoms with Crippen LogP contribution in [0, 0.1) is 10.1 Å². The summed E-state index contributed by atoms with van der Waals surface area (Å²) in [6, 6.07) is 10.5. The quantitative estimate of drug-likeness (QED) is 0.674. The fourth-order valence-electron chi connectivity index (χ4n) is 1.77. The molecule has 21 heavy (non-hydrogen) atoms. The van der Waals surface area contributed by atoms with Crippen LogP contribution in [0.2, 0.25) is 5.02 Å². The molecular weight excluding hydrogens is 298 g/mol. The Bertz CT molecular complexity index is 669. The van der Waals surface area contributed by atoms with E-state index in [4.69, 9.17) is 21.4 Å². The molecule has 1 N–H and O–H groups in total. The Morgan fingerprint density at radius 3 is 2.62 bits per heavy atom. The van der Waals surface area contributed by atoms with Crippen molar-refractivity contribution in [1.82, 2.24) is 0 Å².